The van der Waals surface area contributed by atoms with E-state index in [4.69, 9.17) is 5.11 Å². The molecular formula is C15H21N3O3. The second-order valence-electron chi connectivity index (χ2n) is 5.36. The topological polar surface area (TPSA) is 82.5 Å². The van der Waals surface area contributed by atoms with Crippen LogP contribution in [0.4, 0.5) is 5.69 Å². The maximum atomic E-state index is 11.8. The zero-order chi connectivity index (χ0) is 15.4. The minimum atomic E-state index is -0.723. The molecule has 1 aromatic heterocycles. The summed E-state index contributed by atoms with van der Waals surface area (Å²) in [5.41, 5.74) is 1.31. The van der Waals surface area contributed by atoms with E-state index in [0.717, 1.165) is 5.69 Å². The lowest BCUT2D eigenvalue weighted by Gasteiger charge is -2.38. The highest BCUT2D eigenvalue weighted by atomic mass is 16.4. The molecule has 6 heteroatoms. The number of nitrogens with one attached hydrogen (secondary N) is 1. The highest BCUT2D eigenvalue weighted by Crippen LogP contribution is 2.28. The summed E-state index contributed by atoms with van der Waals surface area (Å²) in [5.74, 6) is -1.19. The summed E-state index contributed by atoms with van der Waals surface area (Å²) in [7, 11) is 0. The van der Waals surface area contributed by atoms with Crippen LogP contribution in [-0.4, -0.2) is 41.1 Å². The van der Waals surface area contributed by atoms with E-state index in [1.807, 2.05) is 19.9 Å². The van der Waals surface area contributed by atoms with Gasteiger partial charge in [0.05, 0.1) is 5.92 Å². The molecule has 1 fully saturated rings. The highest BCUT2D eigenvalue weighted by molar-refractivity contribution is 5.93. The van der Waals surface area contributed by atoms with Crippen molar-refractivity contribution in [3.63, 3.8) is 0 Å². The zero-order valence-electron chi connectivity index (χ0n) is 12.4. The summed E-state index contributed by atoms with van der Waals surface area (Å²) in [5, 5.41) is 11.8. The molecule has 1 aliphatic heterocycles. The summed E-state index contributed by atoms with van der Waals surface area (Å²) >= 11 is 0. The maximum Gasteiger partial charge on any atom is 0.306 e. The lowest BCUT2D eigenvalue weighted by molar-refractivity contribution is -0.142. The van der Waals surface area contributed by atoms with Crippen molar-refractivity contribution in [1.82, 2.24) is 10.3 Å². The standard InChI is InChI=1S/C15H21N3O3/c1-3-16-14(19)13-9-12(4-6-17-13)18-7-5-11(15(20)21)8-10(18)2/h4,6,9-11H,3,5,7-8H2,1-2H3,(H,16,19)(H,20,21). The molecule has 114 valence electrons. The van der Waals surface area contributed by atoms with Crippen molar-refractivity contribution in [3.05, 3.63) is 24.0 Å². The van der Waals surface area contributed by atoms with Gasteiger partial charge in [-0.15, -0.1) is 0 Å². The molecule has 1 amide bonds. The van der Waals surface area contributed by atoms with E-state index < -0.39 is 5.97 Å². The van der Waals surface area contributed by atoms with E-state index >= 15 is 0 Å². The van der Waals surface area contributed by atoms with Gasteiger partial charge in [-0.3, -0.25) is 14.6 Å². The Labute approximate surface area is 124 Å². The van der Waals surface area contributed by atoms with Crippen molar-refractivity contribution in [1.29, 1.82) is 0 Å². The van der Waals surface area contributed by atoms with E-state index in [0.29, 0.717) is 31.6 Å². The first kappa shape index (κ1) is 15.3. The molecule has 2 heterocycles. The number of amides is 1. The molecule has 2 rings (SSSR count). The van der Waals surface area contributed by atoms with Crippen LogP contribution in [0, 0.1) is 5.92 Å². The third kappa shape index (κ3) is 3.51. The van der Waals surface area contributed by atoms with Crippen molar-refractivity contribution >= 4 is 17.6 Å². The van der Waals surface area contributed by atoms with Crippen LogP contribution >= 0.6 is 0 Å². The molecule has 1 aromatic rings. The molecule has 0 aliphatic carbocycles. The van der Waals surface area contributed by atoms with E-state index in [-0.39, 0.29) is 17.9 Å². The summed E-state index contributed by atoms with van der Waals surface area (Å²) in [6.07, 6.45) is 2.86. The quantitative estimate of drug-likeness (QED) is 0.879. The van der Waals surface area contributed by atoms with Gasteiger partial charge in [-0.2, -0.15) is 0 Å². The first-order valence-electron chi connectivity index (χ1n) is 7.26. The summed E-state index contributed by atoms with van der Waals surface area (Å²) in [4.78, 5) is 29.1. The van der Waals surface area contributed by atoms with E-state index in [1.54, 1.807) is 12.3 Å². The SMILES string of the molecule is CCNC(=O)c1cc(N2CCC(C(=O)O)CC2C)ccn1. The number of rotatable bonds is 4. The molecule has 1 saturated heterocycles. The number of carboxylic acid groups (broad SMARTS) is 1. The van der Waals surface area contributed by atoms with Gasteiger partial charge in [0.2, 0.25) is 0 Å². The Kier molecular flexibility index (Phi) is 4.77. The molecule has 0 bridgehead atoms. The van der Waals surface area contributed by atoms with Crippen molar-refractivity contribution in [2.45, 2.75) is 32.7 Å². The van der Waals surface area contributed by atoms with Crippen LogP contribution in [0.25, 0.3) is 0 Å². The molecule has 0 aromatic carbocycles. The highest BCUT2D eigenvalue weighted by Gasteiger charge is 2.30. The van der Waals surface area contributed by atoms with Crippen LogP contribution in [-0.2, 0) is 4.79 Å². The van der Waals surface area contributed by atoms with Gasteiger partial charge in [0.15, 0.2) is 0 Å². The fourth-order valence-electron chi connectivity index (χ4n) is 2.75. The number of pyridine rings is 1. The first-order chi connectivity index (χ1) is 10.0. The zero-order valence-corrected chi connectivity index (χ0v) is 12.4. The van der Waals surface area contributed by atoms with Gasteiger partial charge < -0.3 is 15.3 Å². The molecule has 2 N–H and O–H groups in total. The van der Waals surface area contributed by atoms with Crippen LogP contribution in [0.1, 0.15) is 37.2 Å². The lowest BCUT2D eigenvalue weighted by Crippen LogP contribution is -2.43. The number of aromatic nitrogens is 1. The monoisotopic (exact) mass is 291 g/mol. The number of aliphatic carboxylic acids is 1. The number of hydrogen-bond acceptors (Lipinski definition) is 4. The lowest BCUT2D eigenvalue weighted by atomic mass is 9.91. The van der Waals surface area contributed by atoms with Crippen molar-refractivity contribution in [2.75, 3.05) is 18.0 Å². The van der Waals surface area contributed by atoms with Crippen LogP contribution in [0.5, 0.6) is 0 Å². The molecule has 2 atom stereocenters. The molecule has 0 radical (unpaired) electrons. The molecule has 21 heavy (non-hydrogen) atoms. The maximum absolute atomic E-state index is 11.8. The fourth-order valence-corrected chi connectivity index (χ4v) is 2.75. The second kappa shape index (κ2) is 6.56. The minimum absolute atomic E-state index is 0.129. The van der Waals surface area contributed by atoms with Crippen molar-refractivity contribution in [3.8, 4) is 0 Å². The average Bonchev–Trinajstić information content (AvgIpc) is 2.47. The van der Waals surface area contributed by atoms with Crippen LogP contribution < -0.4 is 10.2 Å². The Morgan fingerprint density at radius 1 is 1.52 bits per heavy atom. The summed E-state index contributed by atoms with van der Waals surface area (Å²) in [6.45, 7) is 5.12. The summed E-state index contributed by atoms with van der Waals surface area (Å²) < 4.78 is 0. The van der Waals surface area contributed by atoms with Gasteiger partial charge in [-0.25, -0.2) is 0 Å². The molecule has 1 aliphatic rings. The number of anilines is 1. The van der Waals surface area contributed by atoms with Crippen molar-refractivity contribution in [2.24, 2.45) is 5.92 Å². The van der Waals surface area contributed by atoms with Gasteiger partial charge in [0.1, 0.15) is 5.69 Å². The fraction of sp³-hybridized carbons (Fsp3) is 0.533. The van der Waals surface area contributed by atoms with Gasteiger partial charge in [0.25, 0.3) is 5.91 Å². The Hall–Kier alpha value is -2.11. The van der Waals surface area contributed by atoms with E-state index in [9.17, 15) is 9.59 Å². The predicted octanol–water partition coefficient (Wildman–Crippen LogP) is 1.52. The second-order valence-corrected chi connectivity index (χ2v) is 5.36. The van der Waals surface area contributed by atoms with Crippen LogP contribution in [0.15, 0.2) is 18.3 Å². The largest absolute Gasteiger partial charge is 0.481 e. The van der Waals surface area contributed by atoms with Crippen molar-refractivity contribution < 1.29 is 14.7 Å². The predicted molar refractivity (Wildman–Crippen MR) is 79.4 cm³/mol. The van der Waals surface area contributed by atoms with Crippen LogP contribution in [0.2, 0.25) is 0 Å². The van der Waals surface area contributed by atoms with E-state index in [1.165, 1.54) is 0 Å². The average molecular weight is 291 g/mol. The van der Waals surface area contributed by atoms with Gasteiger partial charge >= 0.3 is 5.97 Å². The minimum Gasteiger partial charge on any atom is -0.481 e. The number of carbonyl (C=O) groups is 2. The number of carboxylic acids is 1. The normalized spacial score (nSPS) is 21.9. The van der Waals surface area contributed by atoms with Gasteiger partial charge in [-0.1, -0.05) is 0 Å². The molecule has 6 nitrogen and oxygen atoms in total. The smallest absolute Gasteiger partial charge is 0.306 e. The molecule has 0 saturated carbocycles. The van der Waals surface area contributed by atoms with Gasteiger partial charge in [0, 0.05) is 31.0 Å². The van der Waals surface area contributed by atoms with E-state index in [2.05, 4.69) is 15.2 Å². The Morgan fingerprint density at radius 2 is 2.29 bits per heavy atom. The number of carbonyl (C=O) groups excluding carboxylic acids is 1. The Morgan fingerprint density at radius 3 is 2.90 bits per heavy atom. The molecular weight excluding hydrogens is 270 g/mol. The molecule has 0 spiro atoms. The Bertz CT molecular complexity index is 533. The third-order valence-electron chi connectivity index (χ3n) is 3.87. The third-order valence-corrected chi connectivity index (χ3v) is 3.87. The van der Waals surface area contributed by atoms with Crippen LogP contribution in [0.3, 0.4) is 0 Å². The number of piperidine rings is 1. The summed E-state index contributed by atoms with van der Waals surface area (Å²) in [6, 6.07) is 3.76. The first-order valence-corrected chi connectivity index (χ1v) is 7.26. The molecule has 2 unspecified atom stereocenters. The number of hydrogen-bond donors (Lipinski definition) is 2. The number of nitrogens with zero attached hydrogens (tertiary/aromatic N) is 2. The Balaban J connectivity index is 2.13. The van der Waals surface area contributed by atoms with Gasteiger partial charge in [-0.05, 0) is 38.8 Å².